The van der Waals surface area contributed by atoms with E-state index >= 15 is 0 Å². The molecule has 1 saturated carbocycles. The third kappa shape index (κ3) is 5.23. The summed E-state index contributed by atoms with van der Waals surface area (Å²) in [5.74, 6) is 2.57. The number of fused-ring (bicyclic) bond motifs is 1. The highest BCUT2D eigenvalue weighted by Gasteiger charge is 2.22. The van der Waals surface area contributed by atoms with E-state index in [2.05, 4.69) is 77.2 Å². The Morgan fingerprint density at radius 1 is 0.971 bits per heavy atom. The van der Waals surface area contributed by atoms with Crippen molar-refractivity contribution >= 4 is 33.2 Å². The summed E-state index contributed by atoms with van der Waals surface area (Å²) in [6, 6.07) is 20.9. The van der Waals surface area contributed by atoms with Crippen LogP contribution in [0.15, 0.2) is 78.3 Å². The van der Waals surface area contributed by atoms with Crippen molar-refractivity contribution in [1.29, 1.82) is 0 Å². The van der Waals surface area contributed by atoms with Gasteiger partial charge in [-0.2, -0.15) is 4.98 Å². The summed E-state index contributed by atoms with van der Waals surface area (Å²) in [5.41, 5.74) is 10.1. The van der Waals surface area contributed by atoms with Crippen LogP contribution < -0.4 is 16.4 Å². The zero-order chi connectivity index (χ0) is 23.3. The van der Waals surface area contributed by atoms with E-state index in [4.69, 9.17) is 15.7 Å². The van der Waals surface area contributed by atoms with E-state index in [1.54, 1.807) is 11.3 Å². The van der Waals surface area contributed by atoms with E-state index in [1.165, 1.54) is 15.6 Å². The lowest BCUT2D eigenvalue weighted by molar-refractivity contribution is 0.311. The molecule has 0 radical (unpaired) electrons. The van der Waals surface area contributed by atoms with Gasteiger partial charge in [-0.1, -0.05) is 55.1 Å². The van der Waals surface area contributed by atoms with Crippen LogP contribution in [0.25, 0.3) is 21.3 Å². The van der Waals surface area contributed by atoms with Crippen LogP contribution in [0.3, 0.4) is 0 Å². The molecule has 6 heteroatoms. The Balaban J connectivity index is 1.36. The summed E-state index contributed by atoms with van der Waals surface area (Å²) in [6.45, 7) is 5.53. The highest BCUT2D eigenvalue weighted by molar-refractivity contribution is 7.17. The number of anilines is 2. The molecule has 0 amide bonds. The minimum Gasteiger partial charge on any atom is -0.402 e. The summed E-state index contributed by atoms with van der Waals surface area (Å²) in [7, 11) is 0. The van der Waals surface area contributed by atoms with E-state index in [-0.39, 0.29) is 0 Å². The van der Waals surface area contributed by atoms with E-state index in [0.29, 0.717) is 24.3 Å². The third-order valence-electron chi connectivity index (χ3n) is 6.72. The zero-order valence-corrected chi connectivity index (χ0v) is 20.2. The van der Waals surface area contributed by atoms with Crippen LogP contribution in [-0.2, 0) is 6.54 Å². The molecule has 0 saturated heterocycles. The van der Waals surface area contributed by atoms with Crippen molar-refractivity contribution in [3.63, 3.8) is 0 Å². The Morgan fingerprint density at radius 2 is 1.74 bits per heavy atom. The smallest absolute Gasteiger partial charge is 0.225 e. The minimum atomic E-state index is 0.469. The molecule has 0 unspecified atom stereocenters. The van der Waals surface area contributed by atoms with Crippen molar-refractivity contribution in [1.82, 2.24) is 9.97 Å². The molecule has 174 valence electrons. The molecular weight excluding hydrogens is 438 g/mol. The zero-order valence-electron chi connectivity index (χ0n) is 19.3. The molecule has 4 aromatic rings. The quantitative estimate of drug-likeness (QED) is 0.269. The van der Waals surface area contributed by atoms with Gasteiger partial charge >= 0.3 is 0 Å². The highest BCUT2D eigenvalue weighted by Crippen LogP contribution is 2.35. The molecule has 1 aliphatic rings. The summed E-state index contributed by atoms with van der Waals surface area (Å²) in [6.07, 6.45) is 4.55. The fourth-order valence-corrected chi connectivity index (χ4v) is 5.65. The third-order valence-corrected chi connectivity index (χ3v) is 7.68. The first-order valence-electron chi connectivity index (χ1n) is 12.0. The van der Waals surface area contributed by atoms with Gasteiger partial charge < -0.3 is 16.4 Å². The van der Waals surface area contributed by atoms with Gasteiger partial charge in [-0.05, 0) is 49.1 Å². The average Bonchev–Trinajstić information content (AvgIpc) is 3.31. The van der Waals surface area contributed by atoms with Gasteiger partial charge in [0.2, 0.25) is 5.95 Å². The first-order chi connectivity index (χ1) is 16.7. The largest absolute Gasteiger partial charge is 0.402 e. The molecular formula is C28H31N5S. The fraction of sp³-hybridized carbons (Fsp3) is 0.286. The molecule has 0 spiro atoms. The number of aromatic nitrogens is 2. The number of allylic oxidation sites excluding steroid dienone is 1. The maximum Gasteiger partial charge on any atom is 0.225 e. The average molecular weight is 470 g/mol. The molecule has 4 N–H and O–H groups in total. The topological polar surface area (TPSA) is 75.9 Å². The van der Waals surface area contributed by atoms with Crippen LogP contribution in [0.1, 0.15) is 31.2 Å². The van der Waals surface area contributed by atoms with Gasteiger partial charge in [0.25, 0.3) is 0 Å². The molecule has 1 fully saturated rings. The first kappa shape index (κ1) is 22.4. The minimum absolute atomic E-state index is 0.469. The van der Waals surface area contributed by atoms with Gasteiger partial charge in [-0.3, -0.25) is 0 Å². The van der Waals surface area contributed by atoms with Crippen LogP contribution in [0.4, 0.5) is 11.8 Å². The van der Waals surface area contributed by atoms with Crippen molar-refractivity contribution in [3.05, 3.63) is 83.9 Å². The molecule has 5 nitrogen and oxygen atoms in total. The second-order valence-electron chi connectivity index (χ2n) is 9.12. The predicted octanol–water partition coefficient (Wildman–Crippen LogP) is 6.66. The Morgan fingerprint density at radius 3 is 2.53 bits per heavy atom. The summed E-state index contributed by atoms with van der Waals surface area (Å²) < 4.78 is 1.27. The maximum absolute atomic E-state index is 5.93. The van der Waals surface area contributed by atoms with Crippen molar-refractivity contribution in [2.24, 2.45) is 17.6 Å². The van der Waals surface area contributed by atoms with Crippen LogP contribution in [0.5, 0.6) is 0 Å². The number of nitrogens with zero attached hydrogens (tertiary/aromatic N) is 2. The highest BCUT2D eigenvalue weighted by atomic mass is 32.1. The Hall–Kier alpha value is -3.38. The second kappa shape index (κ2) is 10.3. The molecule has 0 bridgehead atoms. The van der Waals surface area contributed by atoms with Gasteiger partial charge in [-0.15, -0.1) is 11.3 Å². The molecule has 1 aliphatic carbocycles. The number of nitrogens with one attached hydrogen (secondary N) is 2. The van der Waals surface area contributed by atoms with Gasteiger partial charge in [0.05, 0.1) is 5.69 Å². The van der Waals surface area contributed by atoms with E-state index < -0.39 is 0 Å². The summed E-state index contributed by atoms with van der Waals surface area (Å²) in [5, 5.41) is 10.5. The molecule has 0 atom stereocenters. The van der Waals surface area contributed by atoms with Crippen LogP contribution in [0, 0.1) is 11.8 Å². The number of benzene rings is 2. The standard InChI is InChI=1S/C28H31N5S/c1-19(29)22-13-11-21(12-14-22)17-31-28-32-25(24-18-34-26-10-6-5-9-23(24)26)15-27(33-28)30-16-20-7-3-2-4-8-20/h2-10,15,18,21-22H,1,11-14,16-17,29H2,(H2,30,31,32,33). The summed E-state index contributed by atoms with van der Waals surface area (Å²) >= 11 is 1.75. The number of rotatable bonds is 8. The number of hydrogen-bond donors (Lipinski definition) is 3. The van der Waals surface area contributed by atoms with E-state index in [1.807, 2.05) is 6.07 Å². The van der Waals surface area contributed by atoms with Gasteiger partial charge in [-0.25, -0.2) is 4.98 Å². The fourth-order valence-electron chi connectivity index (χ4n) is 4.69. The lowest BCUT2D eigenvalue weighted by Crippen LogP contribution is -2.24. The van der Waals surface area contributed by atoms with E-state index in [0.717, 1.165) is 55.0 Å². The van der Waals surface area contributed by atoms with Gasteiger partial charge in [0, 0.05) is 45.9 Å². The predicted molar refractivity (Wildman–Crippen MR) is 144 cm³/mol. The molecule has 2 heterocycles. The van der Waals surface area contributed by atoms with E-state index in [9.17, 15) is 0 Å². The second-order valence-corrected chi connectivity index (χ2v) is 10.0. The Bertz CT molecular complexity index is 1260. The van der Waals surface area contributed by atoms with Crippen LogP contribution in [0.2, 0.25) is 0 Å². The maximum atomic E-state index is 5.93. The van der Waals surface area contributed by atoms with Crippen LogP contribution >= 0.6 is 11.3 Å². The molecule has 0 aliphatic heterocycles. The molecule has 34 heavy (non-hydrogen) atoms. The number of nitrogens with two attached hydrogens (primary N) is 1. The lowest BCUT2D eigenvalue weighted by Gasteiger charge is -2.28. The number of thiophene rings is 1. The number of hydrogen-bond acceptors (Lipinski definition) is 6. The normalized spacial score (nSPS) is 18.0. The molecule has 2 aromatic heterocycles. The Labute approximate surface area is 205 Å². The van der Waals surface area contributed by atoms with Gasteiger partial charge in [0.1, 0.15) is 5.82 Å². The van der Waals surface area contributed by atoms with Gasteiger partial charge in [0.15, 0.2) is 0 Å². The summed E-state index contributed by atoms with van der Waals surface area (Å²) in [4.78, 5) is 9.72. The van der Waals surface area contributed by atoms with Crippen molar-refractivity contribution < 1.29 is 0 Å². The van der Waals surface area contributed by atoms with Crippen LogP contribution in [-0.4, -0.2) is 16.5 Å². The Kier molecular flexibility index (Phi) is 6.77. The lowest BCUT2D eigenvalue weighted by atomic mass is 9.81. The van der Waals surface area contributed by atoms with Crippen molar-refractivity contribution in [3.8, 4) is 11.3 Å². The molecule has 5 rings (SSSR count). The SMILES string of the molecule is C=C(N)C1CCC(CNc2nc(NCc3ccccc3)cc(-c3csc4ccccc34)n2)CC1. The monoisotopic (exact) mass is 469 g/mol. The van der Waals surface area contributed by atoms with Crippen molar-refractivity contribution in [2.75, 3.05) is 17.2 Å². The van der Waals surface area contributed by atoms with Crippen molar-refractivity contribution in [2.45, 2.75) is 32.2 Å². The first-order valence-corrected chi connectivity index (χ1v) is 12.9. The molecule has 2 aromatic carbocycles.